The summed E-state index contributed by atoms with van der Waals surface area (Å²) < 4.78 is 17.5. The molecule has 37 heavy (non-hydrogen) atoms. The van der Waals surface area contributed by atoms with Gasteiger partial charge >= 0.3 is 0 Å². The predicted octanol–water partition coefficient (Wildman–Crippen LogP) is 4.78. The lowest BCUT2D eigenvalue weighted by Gasteiger charge is -2.34. The number of fused-ring (bicyclic) bond motifs is 1. The van der Waals surface area contributed by atoms with Gasteiger partial charge in [-0.1, -0.05) is 54.1 Å². The van der Waals surface area contributed by atoms with Crippen LogP contribution in [-0.2, 0) is 11.3 Å². The molecule has 5 rings (SSSR count). The van der Waals surface area contributed by atoms with Crippen LogP contribution in [0.4, 0.5) is 0 Å². The number of rotatable bonds is 7. The van der Waals surface area contributed by atoms with Crippen molar-refractivity contribution in [2.24, 2.45) is 0 Å². The van der Waals surface area contributed by atoms with Gasteiger partial charge in [0.25, 0.3) is 5.91 Å². The van der Waals surface area contributed by atoms with Gasteiger partial charge in [-0.05, 0) is 23.3 Å². The second-order valence-electron chi connectivity index (χ2n) is 9.22. The molecule has 0 aromatic heterocycles. The third-order valence-corrected chi connectivity index (χ3v) is 7.01. The Kier molecular flexibility index (Phi) is 7.63. The number of hydrogen-bond acceptors (Lipinski definition) is 6. The van der Waals surface area contributed by atoms with Crippen molar-refractivity contribution < 1.29 is 23.8 Å². The van der Waals surface area contributed by atoms with Crippen LogP contribution in [0.3, 0.4) is 0 Å². The highest BCUT2D eigenvalue weighted by Crippen LogP contribution is 2.42. The minimum atomic E-state index is -0.382. The molecule has 1 unspecified atom stereocenters. The van der Waals surface area contributed by atoms with Gasteiger partial charge in [0, 0.05) is 49.9 Å². The van der Waals surface area contributed by atoms with Crippen molar-refractivity contribution in [1.29, 1.82) is 0 Å². The number of nitrogens with zero attached hydrogens (tertiary/aromatic N) is 2. The Bertz CT molecular complexity index is 1260. The Labute approximate surface area is 221 Å². The number of benzene rings is 3. The van der Waals surface area contributed by atoms with Crippen molar-refractivity contribution in [3.63, 3.8) is 0 Å². The fraction of sp³-hybridized carbons (Fsp3) is 0.310. The van der Waals surface area contributed by atoms with Crippen molar-refractivity contribution in [2.75, 3.05) is 39.9 Å². The molecule has 7 nitrogen and oxygen atoms in total. The van der Waals surface area contributed by atoms with Crippen LogP contribution in [0.15, 0.2) is 66.7 Å². The molecule has 8 heteroatoms. The van der Waals surface area contributed by atoms with Crippen molar-refractivity contribution in [3.05, 3.63) is 88.4 Å². The summed E-state index contributed by atoms with van der Waals surface area (Å²) in [5.41, 5.74) is 2.47. The summed E-state index contributed by atoms with van der Waals surface area (Å²) in [6.07, 6.45) is -0.185. The number of Topliss-reactive ketones (excluding diaryl/α,β-unsaturated/α-hetero) is 1. The van der Waals surface area contributed by atoms with Crippen LogP contribution >= 0.6 is 11.6 Å². The van der Waals surface area contributed by atoms with Crippen LogP contribution in [0.5, 0.6) is 17.2 Å². The largest absolute Gasteiger partial charge is 0.496 e. The molecule has 0 radical (unpaired) electrons. The Morgan fingerprint density at radius 3 is 2.46 bits per heavy atom. The van der Waals surface area contributed by atoms with E-state index in [1.165, 1.54) is 5.56 Å². The molecular formula is C29H29ClN2O5. The van der Waals surface area contributed by atoms with Crippen molar-refractivity contribution in [2.45, 2.75) is 19.1 Å². The standard InChI is InChI=1S/C29H29ClN2O5/c1-35-23-15-26(29-24(33)17-25(37-27(29)16-23)21-5-3-2-4-6-21)36-19-28(34)32-13-11-31(12-14-32)18-20-7-9-22(30)10-8-20/h2-10,15-16,25H,11-14,17-19H2,1H3. The maximum atomic E-state index is 13.1. The van der Waals surface area contributed by atoms with E-state index < -0.39 is 0 Å². The topological polar surface area (TPSA) is 68.3 Å². The Morgan fingerprint density at radius 2 is 1.76 bits per heavy atom. The quantitative estimate of drug-likeness (QED) is 0.447. The Hall–Kier alpha value is -3.55. The molecule has 1 amide bonds. The molecule has 0 spiro atoms. The molecule has 0 aliphatic carbocycles. The van der Waals surface area contributed by atoms with E-state index in [9.17, 15) is 9.59 Å². The fourth-order valence-electron chi connectivity index (χ4n) is 4.72. The van der Waals surface area contributed by atoms with Gasteiger partial charge in [0.2, 0.25) is 0 Å². The zero-order valence-corrected chi connectivity index (χ0v) is 21.4. The lowest BCUT2D eigenvalue weighted by Crippen LogP contribution is -2.49. The molecule has 1 atom stereocenters. The molecule has 1 saturated heterocycles. The number of amides is 1. The maximum Gasteiger partial charge on any atom is 0.260 e. The highest BCUT2D eigenvalue weighted by Gasteiger charge is 2.32. The van der Waals surface area contributed by atoms with Crippen LogP contribution in [-0.4, -0.2) is 61.4 Å². The fourth-order valence-corrected chi connectivity index (χ4v) is 4.84. The van der Waals surface area contributed by atoms with E-state index in [4.69, 9.17) is 25.8 Å². The smallest absolute Gasteiger partial charge is 0.260 e. The molecule has 2 heterocycles. The summed E-state index contributed by atoms with van der Waals surface area (Å²) in [5.74, 6) is 1.01. The van der Waals surface area contributed by atoms with Crippen molar-refractivity contribution in [3.8, 4) is 17.2 Å². The summed E-state index contributed by atoms with van der Waals surface area (Å²) in [4.78, 5) is 30.2. The zero-order valence-electron chi connectivity index (χ0n) is 20.7. The lowest BCUT2D eigenvalue weighted by molar-refractivity contribution is -0.135. The van der Waals surface area contributed by atoms with Crippen LogP contribution in [0, 0.1) is 0 Å². The van der Waals surface area contributed by atoms with E-state index in [0.29, 0.717) is 35.9 Å². The number of ether oxygens (including phenoxy) is 3. The van der Waals surface area contributed by atoms with Crippen molar-refractivity contribution >= 4 is 23.3 Å². The highest BCUT2D eigenvalue weighted by atomic mass is 35.5. The van der Waals surface area contributed by atoms with E-state index in [0.717, 1.165) is 30.2 Å². The zero-order chi connectivity index (χ0) is 25.8. The molecule has 0 N–H and O–H groups in total. The average molecular weight is 521 g/mol. The van der Waals surface area contributed by atoms with E-state index in [1.54, 1.807) is 24.1 Å². The van der Waals surface area contributed by atoms with E-state index in [-0.39, 0.29) is 30.8 Å². The van der Waals surface area contributed by atoms with Gasteiger partial charge in [-0.15, -0.1) is 0 Å². The minimum Gasteiger partial charge on any atom is -0.496 e. The number of hydrogen-bond donors (Lipinski definition) is 0. The van der Waals surface area contributed by atoms with E-state index in [2.05, 4.69) is 4.90 Å². The number of halogens is 1. The van der Waals surface area contributed by atoms with Gasteiger partial charge in [0.15, 0.2) is 12.4 Å². The van der Waals surface area contributed by atoms with E-state index >= 15 is 0 Å². The third kappa shape index (κ3) is 5.89. The minimum absolute atomic E-state index is 0.0870. The number of methoxy groups -OCH3 is 1. The first-order valence-electron chi connectivity index (χ1n) is 12.3. The highest BCUT2D eigenvalue weighted by molar-refractivity contribution is 6.30. The molecule has 0 saturated carbocycles. The SMILES string of the molecule is COc1cc(OCC(=O)N2CCN(Cc3ccc(Cl)cc3)CC2)c2c(c1)OC(c1ccccc1)CC2=O. The summed E-state index contributed by atoms with van der Waals surface area (Å²) in [6.45, 7) is 3.44. The molecule has 1 fully saturated rings. The molecule has 3 aromatic carbocycles. The maximum absolute atomic E-state index is 13.1. The van der Waals surface area contributed by atoms with Crippen LogP contribution < -0.4 is 14.2 Å². The average Bonchev–Trinajstić information content (AvgIpc) is 2.93. The predicted molar refractivity (Wildman–Crippen MR) is 141 cm³/mol. The summed E-state index contributed by atoms with van der Waals surface area (Å²) in [6, 6.07) is 20.8. The van der Waals surface area contributed by atoms with Gasteiger partial charge in [0.1, 0.15) is 28.9 Å². The van der Waals surface area contributed by atoms with Gasteiger partial charge < -0.3 is 19.1 Å². The van der Waals surface area contributed by atoms with Crippen LogP contribution in [0.2, 0.25) is 5.02 Å². The first-order chi connectivity index (χ1) is 18.0. The second-order valence-corrected chi connectivity index (χ2v) is 9.65. The lowest BCUT2D eigenvalue weighted by atomic mass is 9.95. The first-order valence-corrected chi connectivity index (χ1v) is 12.7. The first kappa shape index (κ1) is 25.1. The van der Waals surface area contributed by atoms with Crippen LogP contribution in [0.1, 0.15) is 34.0 Å². The normalized spacial score (nSPS) is 17.6. The molecule has 0 bridgehead atoms. The molecule has 192 valence electrons. The number of ketones is 1. The molecule has 3 aromatic rings. The molecular weight excluding hydrogens is 492 g/mol. The van der Waals surface area contributed by atoms with E-state index in [1.807, 2.05) is 54.6 Å². The third-order valence-electron chi connectivity index (χ3n) is 6.76. The molecule has 2 aliphatic heterocycles. The van der Waals surface area contributed by atoms with Crippen LogP contribution in [0.25, 0.3) is 0 Å². The number of carbonyl (C=O) groups is 2. The molecule has 2 aliphatic rings. The van der Waals surface area contributed by atoms with Gasteiger partial charge in [0.05, 0.1) is 13.5 Å². The monoisotopic (exact) mass is 520 g/mol. The Morgan fingerprint density at radius 1 is 1.03 bits per heavy atom. The van der Waals surface area contributed by atoms with Gasteiger partial charge in [-0.25, -0.2) is 0 Å². The summed E-state index contributed by atoms with van der Waals surface area (Å²) in [7, 11) is 1.54. The summed E-state index contributed by atoms with van der Waals surface area (Å²) >= 11 is 5.98. The Balaban J connectivity index is 1.21. The van der Waals surface area contributed by atoms with Crippen molar-refractivity contribution in [1.82, 2.24) is 9.80 Å². The van der Waals surface area contributed by atoms with Gasteiger partial charge in [-0.2, -0.15) is 0 Å². The number of piperazine rings is 1. The van der Waals surface area contributed by atoms with Gasteiger partial charge in [-0.3, -0.25) is 14.5 Å². The second kappa shape index (κ2) is 11.2. The number of carbonyl (C=O) groups excluding carboxylic acids is 2. The summed E-state index contributed by atoms with van der Waals surface area (Å²) in [5, 5.41) is 0.723.